The lowest BCUT2D eigenvalue weighted by atomic mass is 10.2. The molecule has 0 heterocycles. The molecule has 1 amide bonds. The fourth-order valence-electron chi connectivity index (χ4n) is 2.07. The summed E-state index contributed by atoms with van der Waals surface area (Å²) in [5.74, 6) is -1.18. The molecular weight excluding hydrogens is 332 g/mol. The van der Waals surface area contributed by atoms with E-state index in [-0.39, 0.29) is 16.8 Å². The van der Waals surface area contributed by atoms with Crippen molar-refractivity contribution < 1.29 is 22.7 Å². The van der Waals surface area contributed by atoms with Gasteiger partial charge in [0.25, 0.3) is 5.91 Å². The molecule has 132 valence electrons. The minimum absolute atomic E-state index is 0.120. The van der Waals surface area contributed by atoms with Crippen LogP contribution >= 0.6 is 0 Å². The minimum Gasteiger partial charge on any atom is -0.452 e. The highest BCUT2D eigenvalue weighted by Gasteiger charge is 2.27. The molecule has 0 unspecified atom stereocenters. The van der Waals surface area contributed by atoms with Crippen LogP contribution < -0.4 is 10.0 Å². The van der Waals surface area contributed by atoms with Gasteiger partial charge in [0.05, 0.1) is 4.90 Å². The lowest BCUT2D eigenvalue weighted by molar-refractivity contribution is -0.153. The molecule has 1 aromatic carbocycles. The van der Waals surface area contributed by atoms with Gasteiger partial charge in [0, 0.05) is 6.04 Å². The molecule has 1 saturated carbocycles. The van der Waals surface area contributed by atoms with Gasteiger partial charge in [0.15, 0.2) is 6.10 Å². The van der Waals surface area contributed by atoms with Gasteiger partial charge < -0.3 is 10.1 Å². The first-order valence-corrected chi connectivity index (χ1v) is 9.24. The number of hydrogen-bond acceptors (Lipinski definition) is 5. The predicted octanol–water partition coefficient (Wildman–Crippen LogP) is 0.792. The van der Waals surface area contributed by atoms with Crippen LogP contribution in [0.25, 0.3) is 0 Å². The third-order valence-electron chi connectivity index (χ3n) is 3.64. The Bertz CT molecular complexity index is 741. The Morgan fingerprint density at radius 3 is 2.58 bits per heavy atom. The molecule has 0 aliphatic heterocycles. The van der Waals surface area contributed by atoms with E-state index < -0.39 is 28.6 Å². The molecule has 0 aromatic heterocycles. The van der Waals surface area contributed by atoms with Crippen LogP contribution in [0.15, 0.2) is 23.1 Å². The molecular formula is C16H22N2O5S. The fourth-order valence-corrected chi connectivity index (χ4v) is 3.36. The van der Waals surface area contributed by atoms with Crippen LogP contribution in [-0.4, -0.2) is 39.0 Å². The summed E-state index contributed by atoms with van der Waals surface area (Å²) in [6, 6.07) is 5.21. The van der Waals surface area contributed by atoms with Gasteiger partial charge in [-0.15, -0.1) is 0 Å². The number of rotatable bonds is 7. The molecule has 1 aromatic rings. The minimum atomic E-state index is -3.82. The zero-order valence-electron chi connectivity index (χ0n) is 14.0. The Labute approximate surface area is 141 Å². The highest BCUT2D eigenvalue weighted by atomic mass is 32.2. The van der Waals surface area contributed by atoms with Crippen molar-refractivity contribution in [3.63, 3.8) is 0 Å². The number of sulfonamides is 1. The first-order valence-electron chi connectivity index (χ1n) is 7.76. The van der Waals surface area contributed by atoms with Gasteiger partial charge in [-0.2, -0.15) is 4.72 Å². The summed E-state index contributed by atoms with van der Waals surface area (Å²) in [6.07, 6.45) is 0.910. The van der Waals surface area contributed by atoms with E-state index in [9.17, 15) is 18.0 Å². The third-order valence-corrected chi connectivity index (χ3v) is 5.18. The monoisotopic (exact) mass is 354 g/mol. The van der Waals surface area contributed by atoms with E-state index >= 15 is 0 Å². The quantitative estimate of drug-likeness (QED) is 0.705. The molecule has 1 fully saturated rings. The van der Waals surface area contributed by atoms with E-state index in [2.05, 4.69) is 10.0 Å². The van der Waals surface area contributed by atoms with Gasteiger partial charge in [0.1, 0.15) is 6.54 Å². The molecule has 7 nitrogen and oxygen atoms in total. The van der Waals surface area contributed by atoms with Crippen LogP contribution in [0.1, 0.15) is 30.9 Å². The molecule has 2 N–H and O–H groups in total. The Hall–Kier alpha value is -1.93. The van der Waals surface area contributed by atoms with Crippen molar-refractivity contribution in [1.82, 2.24) is 10.0 Å². The van der Waals surface area contributed by atoms with E-state index in [4.69, 9.17) is 4.74 Å². The second kappa shape index (κ2) is 7.31. The van der Waals surface area contributed by atoms with Gasteiger partial charge in [-0.3, -0.25) is 9.59 Å². The molecule has 24 heavy (non-hydrogen) atoms. The largest absolute Gasteiger partial charge is 0.452 e. The molecule has 1 aliphatic carbocycles. The van der Waals surface area contributed by atoms with Crippen LogP contribution in [-0.2, 0) is 24.3 Å². The molecule has 0 bridgehead atoms. The zero-order chi connectivity index (χ0) is 17.9. The second-order valence-corrected chi connectivity index (χ2v) is 7.74. The smallest absolute Gasteiger partial charge is 0.321 e. The molecule has 8 heteroatoms. The molecule has 0 radical (unpaired) electrons. The molecule has 1 atom stereocenters. The topological polar surface area (TPSA) is 102 Å². The normalized spacial score (nSPS) is 15.6. The lowest BCUT2D eigenvalue weighted by Gasteiger charge is -2.14. The number of amides is 1. The van der Waals surface area contributed by atoms with Crippen LogP contribution in [0.4, 0.5) is 0 Å². The average Bonchev–Trinajstić information content (AvgIpc) is 3.31. The van der Waals surface area contributed by atoms with Crippen LogP contribution in [0.3, 0.4) is 0 Å². The van der Waals surface area contributed by atoms with Crippen LogP contribution in [0.2, 0.25) is 0 Å². The Morgan fingerprint density at radius 1 is 1.29 bits per heavy atom. The predicted molar refractivity (Wildman–Crippen MR) is 87.8 cm³/mol. The van der Waals surface area contributed by atoms with E-state index in [1.54, 1.807) is 19.9 Å². The van der Waals surface area contributed by atoms with Crippen molar-refractivity contribution in [1.29, 1.82) is 0 Å². The highest BCUT2D eigenvalue weighted by Crippen LogP contribution is 2.19. The number of aryl methyl sites for hydroxylation is 2. The van der Waals surface area contributed by atoms with E-state index in [0.717, 1.165) is 18.4 Å². The second-order valence-electron chi connectivity index (χ2n) is 6.01. The number of nitrogens with one attached hydrogen (secondary N) is 2. The average molecular weight is 354 g/mol. The van der Waals surface area contributed by atoms with Crippen molar-refractivity contribution in [2.24, 2.45) is 0 Å². The van der Waals surface area contributed by atoms with Gasteiger partial charge in [-0.1, -0.05) is 12.1 Å². The van der Waals surface area contributed by atoms with Crippen LogP contribution in [0.5, 0.6) is 0 Å². The Kier molecular flexibility index (Phi) is 5.61. The summed E-state index contributed by atoms with van der Waals surface area (Å²) >= 11 is 0. The Balaban J connectivity index is 1.90. The number of carbonyl (C=O) groups excluding carboxylic acids is 2. The van der Waals surface area contributed by atoms with Crippen LogP contribution in [0, 0.1) is 13.8 Å². The van der Waals surface area contributed by atoms with Crippen molar-refractivity contribution in [2.45, 2.75) is 50.7 Å². The fraction of sp³-hybridized carbons (Fsp3) is 0.500. The van der Waals surface area contributed by atoms with Crippen molar-refractivity contribution in [2.75, 3.05) is 6.54 Å². The third kappa shape index (κ3) is 5.04. The maximum Gasteiger partial charge on any atom is 0.321 e. The highest BCUT2D eigenvalue weighted by molar-refractivity contribution is 7.89. The summed E-state index contributed by atoms with van der Waals surface area (Å²) in [6.45, 7) is 4.38. The zero-order valence-corrected chi connectivity index (χ0v) is 14.8. The van der Waals surface area contributed by atoms with E-state index in [1.807, 2.05) is 6.07 Å². The molecule has 0 spiro atoms. The SMILES string of the molecule is Cc1ccc(C)c(S(=O)(=O)NCC(=O)O[C@@H](C)C(=O)NC2CC2)c1. The van der Waals surface area contributed by atoms with E-state index in [0.29, 0.717) is 5.56 Å². The maximum absolute atomic E-state index is 12.3. The maximum atomic E-state index is 12.3. The summed E-state index contributed by atoms with van der Waals surface area (Å²) in [5.41, 5.74) is 1.38. The Morgan fingerprint density at radius 2 is 1.96 bits per heavy atom. The van der Waals surface area contributed by atoms with Gasteiger partial charge in [-0.25, -0.2) is 8.42 Å². The van der Waals surface area contributed by atoms with Crippen molar-refractivity contribution in [3.05, 3.63) is 29.3 Å². The summed E-state index contributed by atoms with van der Waals surface area (Å²) < 4.78 is 31.7. The number of esters is 1. The van der Waals surface area contributed by atoms with Gasteiger partial charge in [0.2, 0.25) is 10.0 Å². The number of ether oxygens (including phenoxy) is 1. The molecule has 0 saturated heterocycles. The number of hydrogen-bond donors (Lipinski definition) is 2. The lowest BCUT2D eigenvalue weighted by Crippen LogP contribution is -2.39. The first kappa shape index (κ1) is 18.4. The summed E-state index contributed by atoms with van der Waals surface area (Å²) in [5, 5.41) is 2.72. The van der Waals surface area contributed by atoms with Crippen molar-refractivity contribution >= 4 is 21.9 Å². The number of benzene rings is 1. The van der Waals surface area contributed by atoms with Gasteiger partial charge >= 0.3 is 5.97 Å². The summed E-state index contributed by atoms with van der Waals surface area (Å²) in [7, 11) is -3.82. The molecule has 2 rings (SSSR count). The standard InChI is InChI=1S/C16H22N2O5S/c1-10-4-5-11(2)14(8-10)24(21,22)17-9-15(19)23-12(3)16(20)18-13-6-7-13/h4-5,8,12-13,17H,6-7,9H2,1-3H3,(H,18,20)/t12-/m0/s1. The molecule has 1 aliphatic rings. The number of carbonyl (C=O) groups is 2. The van der Waals surface area contributed by atoms with E-state index in [1.165, 1.54) is 13.0 Å². The summed E-state index contributed by atoms with van der Waals surface area (Å²) in [4.78, 5) is 23.6. The van der Waals surface area contributed by atoms with Gasteiger partial charge in [-0.05, 0) is 50.8 Å². The van der Waals surface area contributed by atoms with Crippen molar-refractivity contribution in [3.8, 4) is 0 Å². The first-order chi connectivity index (χ1) is 11.2.